The zero-order chi connectivity index (χ0) is 23.8. The fourth-order valence-corrected chi connectivity index (χ4v) is 3.89. The number of halogens is 1. The molecule has 0 saturated carbocycles. The first-order chi connectivity index (χ1) is 16.4. The first-order valence-corrected chi connectivity index (χ1v) is 10.5. The van der Waals surface area contributed by atoms with Crippen molar-refractivity contribution < 1.29 is 13.5 Å². The second-order valence-electron chi connectivity index (χ2n) is 7.73. The molecule has 9 nitrogen and oxygen atoms in total. The van der Waals surface area contributed by atoms with Gasteiger partial charge in [-0.2, -0.15) is 4.68 Å². The van der Waals surface area contributed by atoms with E-state index in [1.165, 1.54) is 21.2 Å². The van der Waals surface area contributed by atoms with Crippen molar-refractivity contribution in [2.75, 3.05) is 12.8 Å². The number of H-pyrrole nitrogens is 1. The second-order valence-corrected chi connectivity index (χ2v) is 7.73. The zero-order valence-corrected chi connectivity index (χ0v) is 18.5. The van der Waals surface area contributed by atoms with E-state index in [-0.39, 0.29) is 12.5 Å². The average Bonchev–Trinajstić information content (AvgIpc) is 3.16. The molecule has 0 spiro atoms. The molecule has 5 rings (SSSR count). The fourth-order valence-electron chi connectivity index (χ4n) is 3.89. The number of aryl methyl sites for hydroxylation is 1. The quantitative estimate of drug-likeness (QED) is 0.391. The van der Waals surface area contributed by atoms with Crippen molar-refractivity contribution in [3.8, 4) is 28.3 Å². The van der Waals surface area contributed by atoms with Gasteiger partial charge in [0.15, 0.2) is 0 Å². The maximum absolute atomic E-state index is 13.3. The highest BCUT2D eigenvalue weighted by Gasteiger charge is 2.26. The number of ether oxygens (including phenoxy) is 1. The van der Waals surface area contributed by atoms with Gasteiger partial charge in [-0.3, -0.25) is 4.98 Å². The molecule has 4 aromatic heterocycles. The normalized spacial score (nSPS) is 11.1. The van der Waals surface area contributed by atoms with Crippen LogP contribution in [0.1, 0.15) is 11.4 Å². The van der Waals surface area contributed by atoms with Crippen LogP contribution in [-0.4, -0.2) is 31.8 Å². The van der Waals surface area contributed by atoms with Gasteiger partial charge in [0.25, 0.3) is 0 Å². The third-order valence-electron chi connectivity index (χ3n) is 5.40. The smallest absolute Gasteiger partial charge is 0.428 e. The first kappa shape index (κ1) is 21.3. The zero-order valence-electron chi connectivity index (χ0n) is 18.5. The molecule has 0 saturated heterocycles. The maximum Gasteiger partial charge on any atom is 0.428 e. The van der Waals surface area contributed by atoms with E-state index in [4.69, 9.17) is 10.5 Å². The largest absolute Gasteiger partial charge is 0.481 e. The number of hydrogen-bond donors (Lipinski definition) is 2. The van der Waals surface area contributed by atoms with Gasteiger partial charge in [-0.15, -0.1) is 9.38 Å². The van der Waals surface area contributed by atoms with Crippen molar-refractivity contribution in [1.29, 1.82) is 0 Å². The Labute approximate surface area is 193 Å². The van der Waals surface area contributed by atoms with Crippen molar-refractivity contribution in [3.05, 3.63) is 88.5 Å². The Balaban J connectivity index is 1.81. The van der Waals surface area contributed by atoms with Crippen molar-refractivity contribution >= 4 is 11.6 Å². The molecular weight excluding hydrogens is 437 g/mol. The molecule has 0 aliphatic carbocycles. The number of hydrogen-bond acceptors (Lipinski definition) is 6. The van der Waals surface area contributed by atoms with Crippen LogP contribution in [0.4, 0.5) is 10.3 Å². The molecule has 0 atom stereocenters. The van der Waals surface area contributed by atoms with Gasteiger partial charge >= 0.3 is 11.6 Å². The molecule has 0 aliphatic rings. The minimum absolute atomic E-state index is 0.0300. The lowest BCUT2D eigenvalue weighted by Crippen LogP contribution is -2.44. The Hall–Kier alpha value is -4.60. The van der Waals surface area contributed by atoms with Crippen molar-refractivity contribution in [1.82, 2.24) is 24.7 Å². The molecule has 34 heavy (non-hydrogen) atoms. The van der Waals surface area contributed by atoms with Gasteiger partial charge in [-0.05, 0) is 30.7 Å². The SMILES string of the molecule is COc1cc(-c2c(-c3ccccc3)nc(N)[n+]3c(=O)n(Cc4ccc(F)cn4)[nH]c23)cc(C)n1. The molecule has 10 heteroatoms. The molecule has 0 unspecified atom stereocenters. The predicted molar refractivity (Wildman–Crippen MR) is 124 cm³/mol. The molecule has 170 valence electrons. The first-order valence-electron chi connectivity index (χ1n) is 10.5. The lowest BCUT2D eigenvalue weighted by atomic mass is 10.00. The highest BCUT2D eigenvalue weighted by molar-refractivity contribution is 5.88. The van der Waals surface area contributed by atoms with Gasteiger partial charge in [0.2, 0.25) is 11.5 Å². The molecular formula is C24H21FN7O2+. The third kappa shape index (κ3) is 3.75. The van der Waals surface area contributed by atoms with E-state index in [0.29, 0.717) is 28.5 Å². The second kappa shape index (κ2) is 8.39. The van der Waals surface area contributed by atoms with E-state index >= 15 is 0 Å². The van der Waals surface area contributed by atoms with Crippen molar-refractivity contribution in [2.45, 2.75) is 13.5 Å². The maximum atomic E-state index is 13.3. The Morgan fingerprint density at radius 1 is 1.12 bits per heavy atom. The number of nitrogen functional groups attached to an aromatic ring is 1. The molecule has 0 bridgehead atoms. The van der Waals surface area contributed by atoms with Crippen LogP contribution in [0.2, 0.25) is 0 Å². The summed E-state index contributed by atoms with van der Waals surface area (Å²) in [5.74, 6) is 0.0102. The van der Waals surface area contributed by atoms with Gasteiger partial charge in [0.1, 0.15) is 18.1 Å². The highest BCUT2D eigenvalue weighted by Crippen LogP contribution is 2.34. The third-order valence-corrected chi connectivity index (χ3v) is 5.40. The summed E-state index contributed by atoms with van der Waals surface area (Å²) in [6, 6.07) is 16.0. The average molecular weight is 458 g/mol. The lowest BCUT2D eigenvalue weighted by Gasteiger charge is -2.10. The van der Waals surface area contributed by atoms with E-state index in [9.17, 15) is 9.18 Å². The van der Waals surface area contributed by atoms with Crippen LogP contribution < -0.4 is 20.6 Å². The monoisotopic (exact) mass is 458 g/mol. The minimum Gasteiger partial charge on any atom is -0.481 e. The molecule has 0 radical (unpaired) electrons. The van der Waals surface area contributed by atoms with Gasteiger partial charge in [-0.25, -0.2) is 19.3 Å². The summed E-state index contributed by atoms with van der Waals surface area (Å²) in [6.45, 7) is 1.95. The van der Waals surface area contributed by atoms with E-state index < -0.39 is 11.5 Å². The van der Waals surface area contributed by atoms with Gasteiger partial charge in [0, 0.05) is 17.3 Å². The number of pyridine rings is 2. The van der Waals surface area contributed by atoms with Crippen molar-refractivity contribution in [2.24, 2.45) is 0 Å². The number of nitrogens with one attached hydrogen (secondary N) is 1. The number of benzene rings is 1. The molecule has 1 aromatic carbocycles. The summed E-state index contributed by atoms with van der Waals surface area (Å²) in [4.78, 5) is 26.3. The van der Waals surface area contributed by atoms with Crippen LogP contribution in [0.5, 0.6) is 5.88 Å². The van der Waals surface area contributed by atoms with Gasteiger partial charge in [0.05, 0.1) is 24.6 Å². The predicted octanol–water partition coefficient (Wildman–Crippen LogP) is 2.52. The number of nitrogens with zero attached hydrogens (tertiary/aromatic N) is 5. The summed E-state index contributed by atoms with van der Waals surface area (Å²) in [6.07, 6.45) is 1.11. The van der Waals surface area contributed by atoms with Crippen LogP contribution in [0.3, 0.4) is 0 Å². The Morgan fingerprint density at radius 2 is 1.91 bits per heavy atom. The number of aromatic nitrogens is 6. The van der Waals surface area contributed by atoms with Crippen LogP contribution in [0, 0.1) is 12.7 Å². The van der Waals surface area contributed by atoms with Crippen LogP contribution in [-0.2, 0) is 6.54 Å². The fraction of sp³-hybridized carbons (Fsp3) is 0.125. The van der Waals surface area contributed by atoms with E-state index in [1.807, 2.05) is 43.3 Å². The Kier molecular flexibility index (Phi) is 5.25. The van der Waals surface area contributed by atoms with Crippen LogP contribution in [0.15, 0.2) is 65.6 Å². The Bertz CT molecular complexity index is 1560. The summed E-state index contributed by atoms with van der Waals surface area (Å²) >= 11 is 0. The van der Waals surface area contributed by atoms with Crippen LogP contribution >= 0.6 is 0 Å². The van der Waals surface area contributed by atoms with Gasteiger partial charge < -0.3 is 10.5 Å². The molecule has 5 aromatic rings. The lowest BCUT2D eigenvalue weighted by molar-refractivity contribution is -0.516. The number of anilines is 1. The molecule has 4 heterocycles. The molecule has 0 aliphatic heterocycles. The Morgan fingerprint density at radius 3 is 2.62 bits per heavy atom. The van der Waals surface area contributed by atoms with Crippen LogP contribution in [0.25, 0.3) is 28.0 Å². The van der Waals surface area contributed by atoms with E-state index in [2.05, 4.69) is 20.1 Å². The summed E-state index contributed by atoms with van der Waals surface area (Å²) in [7, 11) is 1.54. The summed E-state index contributed by atoms with van der Waals surface area (Å²) < 4.78 is 21.3. The number of rotatable bonds is 5. The summed E-state index contributed by atoms with van der Waals surface area (Å²) in [5, 5.41) is 3.15. The molecule has 3 N–H and O–H groups in total. The highest BCUT2D eigenvalue weighted by atomic mass is 19.1. The minimum atomic E-state index is -0.452. The molecule has 0 fully saturated rings. The molecule has 0 amide bonds. The number of fused-ring (bicyclic) bond motifs is 1. The topological polar surface area (TPSA) is 116 Å². The number of methoxy groups -OCH3 is 1. The summed E-state index contributed by atoms with van der Waals surface area (Å²) in [5.41, 5.74) is 10.4. The van der Waals surface area contributed by atoms with Gasteiger partial charge in [-0.1, -0.05) is 30.3 Å². The number of aromatic amines is 1. The van der Waals surface area contributed by atoms with E-state index in [0.717, 1.165) is 23.0 Å². The van der Waals surface area contributed by atoms with Crippen molar-refractivity contribution in [3.63, 3.8) is 0 Å². The van der Waals surface area contributed by atoms with E-state index in [1.54, 1.807) is 13.2 Å². The number of nitrogens with two attached hydrogens (primary N) is 1. The standard InChI is InChI=1S/C24H20FN7O2/c1-14-10-16(11-19(28-14)34-2)20-21(15-6-4-3-5-7-15)29-23(26)32-22(20)30-31(24(32)33)13-18-9-8-17(25)12-27-18/h3-12H,13H2,1-2H3,(H2,26,28,29,30)/p+1.